The Hall–Kier alpha value is -2.08. The van der Waals surface area contributed by atoms with Crippen LogP contribution >= 0.6 is 0 Å². The van der Waals surface area contributed by atoms with E-state index in [0.29, 0.717) is 12.5 Å². The Morgan fingerprint density at radius 3 is 2.46 bits per heavy atom. The van der Waals surface area contributed by atoms with E-state index in [0.717, 1.165) is 31.2 Å². The Bertz CT molecular complexity index is 513. The van der Waals surface area contributed by atoms with Crippen LogP contribution in [0.1, 0.15) is 31.2 Å². The van der Waals surface area contributed by atoms with Gasteiger partial charge in [0.05, 0.1) is 0 Å². The minimum Gasteiger partial charge on any atom is -0.445 e. The van der Waals surface area contributed by atoms with Gasteiger partial charge in [-0.15, -0.1) is 0 Å². The van der Waals surface area contributed by atoms with Crippen molar-refractivity contribution >= 4 is 12.0 Å². The smallest absolute Gasteiger partial charge is 0.407 e. The summed E-state index contributed by atoms with van der Waals surface area (Å²) < 4.78 is 10.0. The number of hydrogen-bond acceptors (Lipinski definition) is 4. The fraction of sp³-hybridized carbons (Fsp3) is 0.556. The number of ether oxygens (including phenoxy) is 2. The zero-order valence-electron chi connectivity index (χ0n) is 14.1. The first-order chi connectivity index (χ1) is 11.7. The van der Waals surface area contributed by atoms with E-state index in [4.69, 9.17) is 9.47 Å². The molecule has 1 fully saturated rings. The van der Waals surface area contributed by atoms with Gasteiger partial charge >= 0.3 is 6.09 Å². The minimum absolute atomic E-state index is 0.0569. The summed E-state index contributed by atoms with van der Waals surface area (Å²) in [5.74, 6) is 0.521. The molecule has 1 saturated carbocycles. The Balaban J connectivity index is 1.60. The van der Waals surface area contributed by atoms with Crippen LogP contribution in [0, 0.1) is 11.8 Å². The van der Waals surface area contributed by atoms with Crippen molar-refractivity contribution < 1.29 is 19.1 Å². The predicted molar refractivity (Wildman–Crippen MR) is 90.1 cm³/mol. The summed E-state index contributed by atoms with van der Waals surface area (Å²) in [6.07, 6.45) is 3.18. The lowest BCUT2D eigenvalue weighted by Crippen LogP contribution is -2.36. The molecule has 1 aromatic carbocycles. The number of amides is 2. The molecule has 0 aliphatic heterocycles. The highest BCUT2D eigenvalue weighted by atomic mass is 16.5. The van der Waals surface area contributed by atoms with Crippen LogP contribution < -0.4 is 10.6 Å². The first-order valence-electron chi connectivity index (χ1n) is 8.40. The van der Waals surface area contributed by atoms with Gasteiger partial charge in [-0.3, -0.25) is 4.79 Å². The van der Waals surface area contributed by atoms with E-state index in [2.05, 4.69) is 10.6 Å². The number of rotatable bonds is 7. The number of nitrogens with one attached hydrogen (secondary N) is 2. The monoisotopic (exact) mass is 334 g/mol. The van der Waals surface area contributed by atoms with Crippen molar-refractivity contribution in [3.8, 4) is 0 Å². The Labute approximate surface area is 142 Å². The molecule has 0 atom stereocenters. The normalized spacial score (nSPS) is 20.2. The summed E-state index contributed by atoms with van der Waals surface area (Å²) in [6, 6.07) is 9.59. The van der Waals surface area contributed by atoms with Crippen LogP contribution in [0.2, 0.25) is 0 Å². The number of methoxy groups -OCH3 is 1. The summed E-state index contributed by atoms with van der Waals surface area (Å²) in [5, 5.41) is 5.57. The van der Waals surface area contributed by atoms with E-state index in [1.807, 2.05) is 30.3 Å². The van der Waals surface area contributed by atoms with Gasteiger partial charge in [-0.05, 0) is 37.2 Å². The third-order valence-electron chi connectivity index (χ3n) is 4.36. The van der Waals surface area contributed by atoms with E-state index in [9.17, 15) is 9.59 Å². The van der Waals surface area contributed by atoms with E-state index in [-0.39, 0.29) is 31.3 Å². The topological polar surface area (TPSA) is 76.7 Å². The van der Waals surface area contributed by atoms with Gasteiger partial charge < -0.3 is 20.1 Å². The molecular formula is C18H26N2O4. The summed E-state index contributed by atoms with van der Waals surface area (Å²) in [4.78, 5) is 23.6. The number of benzene rings is 1. The van der Waals surface area contributed by atoms with Gasteiger partial charge in [0.15, 0.2) is 0 Å². The molecule has 0 bridgehead atoms. The third-order valence-corrected chi connectivity index (χ3v) is 4.36. The fourth-order valence-corrected chi connectivity index (χ4v) is 2.92. The maximum atomic E-state index is 11.9. The Morgan fingerprint density at radius 1 is 1.08 bits per heavy atom. The molecule has 6 heteroatoms. The Morgan fingerprint density at radius 2 is 1.79 bits per heavy atom. The molecule has 2 N–H and O–H groups in total. The second-order valence-electron chi connectivity index (χ2n) is 6.13. The molecule has 1 aliphatic rings. The lowest BCUT2D eigenvalue weighted by molar-refractivity contribution is -0.127. The SMILES string of the molecule is COCNC(=O)C1CCC(CNC(=O)OCc2ccccc2)CC1. The highest BCUT2D eigenvalue weighted by molar-refractivity contribution is 5.78. The highest BCUT2D eigenvalue weighted by Gasteiger charge is 2.26. The number of carbonyl (C=O) groups is 2. The van der Waals surface area contributed by atoms with Crippen molar-refractivity contribution in [1.82, 2.24) is 10.6 Å². The van der Waals surface area contributed by atoms with Gasteiger partial charge in [-0.2, -0.15) is 0 Å². The fourth-order valence-electron chi connectivity index (χ4n) is 2.92. The predicted octanol–water partition coefficient (Wildman–Crippen LogP) is 2.44. The zero-order chi connectivity index (χ0) is 17.2. The molecule has 2 rings (SSSR count). The Kier molecular flexibility index (Phi) is 7.55. The molecule has 0 spiro atoms. The van der Waals surface area contributed by atoms with Crippen LogP contribution in [0.5, 0.6) is 0 Å². The maximum Gasteiger partial charge on any atom is 0.407 e. The van der Waals surface area contributed by atoms with Gasteiger partial charge in [0.25, 0.3) is 0 Å². The lowest BCUT2D eigenvalue weighted by atomic mass is 9.81. The third kappa shape index (κ3) is 6.20. The zero-order valence-corrected chi connectivity index (χ0v) is 14.1. The molecule has 0 heterocycles. The van der Waals surface area contributed by atoms with Crippen molar-refractivity contribution in [3.63, 3.8) is 0 Å². The van der Waals surface area contributed by atoms with Gasteiger partial charge in [0, 0.05) is 19.6 Å². The van der Waals surface area contributed by atoms with Gasteiger partial charge in [0.1, 0.15) is 13.3 Å². The van der Waals surface area contributed by atoms with Crippen molar-refractivity contribution in [3.05, 3.63) is 35.9 Å². The van der Waals surface area contributed by atoms with Crippen LogP contribution in [0.25, 0.3) is 0 Å². The van der Waals surface area contributed by atoms with E-state index in [1.54, 1.807) is 7.11 Å². The molecule has 0 aromatic heterocycles. The molecular weight excluding hydrogens is 308 g/mol. The standard InChI is InChI=1S/C18H26N2O4/c1-23-13-20-17(21)16-9-7-14(8-10-16)11-19-18(22)24-12-15-5-3-2-4-6-15/h2-6,14,16H,7-13H2,1H3,(H,19,22)(H,20,21). The second-order valence-corrected chi connectivity index (χ2v) is 6.13. The minimum atomic E-state index is -0.390. The van der Waals surface area contributed by atoms with Gasteiger partial charge in [-0.1, -0.05) is 30.3 Å². The molecule has 2 amide bonds. The average molecular weight is 334 g/mol. The lowest BCUT2D eigenvalue weighted by Gasteiger charge is -2.27. The van der Waals surface area contributed by atoms with Crippen LogP contribution in [0.15, 0.2) is 30.3 Å². The number of alkyl carbamates (subject to hydrolysis) is 1. The van der Waals surface area contributed by atoms with E-state index in [1.165, 1.54) is 0 Å². The van der Waals surface area contributed by atoms with Crippen molar-refractivity contribution in [2.24, 2.45) is 11.8 Å². The molecule has 1 aromatic rings. The van der Waals surface area contributed by atoms with E-state index >= 15 is 0 Å². The average Bonchev–Trinajstić information content (AvgIpc) is 2.64. The van der Waals surface area contributed by atoms with Crippen LogP contribution in [-0.4, -0.2) is 32.4 Å². The van der Waals surface area contributed by atoms with E-state index < -0.39 is 0 Å². The molecule has 132 valence electrons. The summed E-state index contributed by atoms with van der Waals surface area (Å²) in [5.41, 5.74) is 0.968. The maximum absolute atomic E-state index is 11.9. The summed E-state index contributed by atoms with van der Waals surface area (Å²) >= 11 is 0. The molecule has 0 radical (unpaired) electrons. The summed E-state index contributed by atoms with van der Waals surface area (Å²) in [7, 11) is 1.56. The first-order valence-corrected chi connectivity index (χ1v) is 8.40. The second kappa shape index (κ2) is 9.93. The number of hydrogen-bond donors (Lipinski definition) is 2. The molecule has 0 unspecified atom stereocenters. The van der Waals surface area contributed by atoms with Crippen molar-refractivity contribution in [2.45, 2.75) is 32.3 Å². The quantitative estimate of drug-likeness (QED) is 0.751. The molecule has 6 nitrogen and oxygen atoms in total. The van der Waals surface area contributed by atoms with Crippen molar-refractivity contribution in [2.75, 3.05) is 20.4 Å². The summed E-state index contributed by atoms with van der Waals surface area (Å²) in [6.45, 7) is 1.13. The van der Waals surface area contributed by atoms with Crippen LogP contribution in [-0.2, 0) is 20.9 Å². The number of carbonyl (C=O) groups excluding carboxylic acids is 2. The molecule has 24 heavy (non-hydrogen) atoms. The van der Waals surface area contributed by atoms with Crippen molar-refractivity contribution in [1.29, 1.82) is 0 Å². The molecule has 0 saturated heterocycles. The largest absolute Gasteiger partial charge is 0.445 e. The van der Waals surface area contributed by atoms with Gasteiger partial charge in [-0.25, -0.2) is 4.79 Å². The van der Waals surface area contributed by atoms with Crippen LogP contribution in [0.4, 0.5) is 4.79 Å². The van der Waals surface area contributed by atoms with Crippen LogP contribution in [0.3, 0.4) is 0 Å². The van der Waals surface area contributed by atoms with Gasteiger partial charge in [0.2, 0.25) is 5.91 Å². The highest BCUT2D eigenvalue weighted by Crippen LogP contribution is 2.28. The first kappa shape index (κ1) is 18.3. The molecule has 1 aliphatic carbocycles.